The molecule has 0 aliphatic heterocycles. The van der Waals surface area contributed by atoms with Crippen LogP contribution in [0.25, 0.3) is 0 Å². The van der Waals surface area contributed by atoms with Gasteiger partial charge in [0.15, 0.2) is 0 Å². The van der Waals surface area contributed by atoms with Crippen molar-refractivity contribution in [2.24, 2.45) is 0 Å². The highest BCUT2D eigenvalue weighted by molar-refractivity contribution is 7.10. The largest absolute Gasteiger partial charge is 0.381 e. The average molecular weight is 289 g/mol. The Kier molecular flexibility index (Phi) is 4.30. The van der Waals surface area contributed by atoms with Crippen LogP contribution in [0.3, 0.4) is 0 Å². The van der Waals surface area contributed by atoms with E-state index in [0.717, 1.165) is 22.7 Å². The topological polar surface area (TPSA) is 24.9 Å². The van der Waals surface area contributed by atoms with Crippen molar-refractivity contribution < 1.29 is 0 Å². The Labute approximate surface area is 128 Å². The summed E-state index contributed by atoms with van der Waals surface area (Å²) in [5.41, 5.74) is 5.05. The molecule has 0 fully saturated rings. The summed E-state index contributed by atoms with van der Waals surface area (Å²) in [7, 11) is 0. The van der Waals surface area contributed by atoms with Crippen molar-refractivity contribution in [2.75, 3.05) is 5.32 Å². The maximum atomic E-state index is 3.89. The van der Waals surface area contributed by atoms with Gasteiger partial charge in [0.1, 0.15) is 11.1 Å². The lowest BCUT2D eigenvalue weighted by Crippen LogP contribution is -1.98. The highest BCUT2D eigenvalue weighted by Crippen LogP contribution is 2.12. The third-order valence-electron chi connectivity index (χ3n) is 2.91. The molecule has 1 aromatic heterocycles. The van der Waals surface area contributed by atoms with Gasteiger partial charge in [-0.25, -0.2) is 4.98 Å². The van der Waals surface area contributed by atoms with Crippen LogP contribution in [0.1, 0.15) is 16.0 Å². The number of aromatic nitrogens is 1. The second-order valence-electron chi connectivity index (χ2n) is 4.46. The summed E-state index contributed by atoms with van der Waals surface area (Å²) in [6.45, 7) is 0.806. The number of hydrogen-bond acceptors (Lipinski definition) is 3. The summed E-state index contributed by atoms with van der Waals surface area (Å²) in [5, 5.41) is 3.41. The Bertz CT molecular complexity index is 753. The molecule has 0 aliphatic rings. The molecule has 0 amide bonds. The van der Waals surface area contributed by atoms with E-state index in [4.69, 9.17) is 0 Å². The minimum atomic E-state index is 0.806. The van der Waals surface area contributed by atoms with Gasteiger partial charge in [-0.3, -0.25) is 0 Å². The first-order chi connectivity index (χ1) is 10.4. The first-order valence-corrected chi connectivity index (χ1v) is 7.49. The Morgan fingerprint density at radius 2 is 1.95 bits per heavy atom. The Morgan fingerprint density at radius 1 is 1.05 bits per heavy atom. The van der Waals surface area contributed by atoms with E-state index in [1.165, 1.54) is 16.9 Å². The first kappa shape index (κ1) is 13.4. The highest BCUT2D eigenvalue weighted by atomic mass is 32.1. The molecule has 0 saturated carbocycles. The molecule has 1 radical (unpaired) electrons. The maximum Gasteiger partial charge on any atom is 0.117 e. The third-order valence-corrected chi connectivity index (χ3v) is 3.55. The van der Waals surface area contributed by atoms with Crippen LogP contribution in [0.4, 0.5) is 5.69 Å². The normalized spacial score (nSPS) is 9.71. The molecule has 2 nitrogen and oxygen atoms in total. The SMILES string of the molecule is C(#Cc1[c]ncs1)c1cccc(NCc2ccccc2)c1. The van der Waals surface area contributed by atoms with Gasteiger partial charge in [-0.1, -0.05) is 42.3 Å². The first-order valence-electron chi connectivity index (χ1n) is 6.61. The standard InChI is InChI=1S/C18H13N2S/c1-2-5-16(6-3-1)12-20-17-8-4-7-15(11-17)9-10-18-13-19-14-21-18/h1-8,11,14,20H,12H2. The quantitative estimate of drug-likeness (QED) is 0.738. The molecule has 0 aliphatic carbocycles. The van der Waals surface area contributed by atoms with E-state index in [-0.39, 0.29) is 0 Å². The van der Waals surface area contributed by atoms with Gasteiger partial charge >= 0.3 is 0 Å². The van der Waals surface area contributed by atoms with Crippen molar-refractivity contribution in [2.45, 2.75) is 6.54 Å². The molecule has 0 unspecified atom stereocenters. The molecular formula is C18H13N2S. The summed E-state index contributed by atoms with van der Waals surface area (Å²) in [4.78, 5) is 4.75. The molecule has 0 saturated heterocycles. The van der Waals surface area contributed by atoms with E-state index in [1.807, 2.05) is 36.4 Å². The van der Waals surface area contributed by atoms with E-state index in [0.29, 0.717) is 0 Å². The third kappa shape index (κ3) is 3.95. The molecule has 0 bridgehead atoms. The fourth-order valence-electron chi connectivity index (χ4n) is 1.88. The van der Waals surface area contributed by atoms with E-state index in [9.17, 15) is 0 Å². The molecule has 3 aromatic rings. The van der Waals surface area contributed by atoms with Crippen molar-refractivity contribution in [3.63, 3.8) is 0 Å². The van der Waals surface area contributed by atoms with Crippen LogP contribution < -0.4 is 5.32 Å². The molecule has 1 N–H and O–H groups in total. The molecule has 101 valence electrons. The van der Waals surface area contributed by atoms with Crippen LogP contribution in [-0.2, 0) is 6.54 Å². The summed E-state index contributed by atoms with van der Waals surface area (Å²) >= 11 is 1.50. The van der Waals surface area contributed by atoms with Gasteiger partial charge in [-0.2, -0.15) is 0 Å². The molecule has 0 atom stereocenters. The minimum Gasteiger partial charge on any atom is -0.381 e. The van der Waals surface area contributed by atoms with Crippen LogP contribution in [0.15, 0.2) is 60.1 Å². The highest BCUT2D eigenvalue weighted by Gasteiger charge is 1.95. The second kappa shape index (κ2) is 6.74. The van der Waals surface area contributed by atoms with E-state index in [2.05, 4.69) is 46.5 Å². The lowest BCUT2D eigenvalue weighted by molar-refractivity contribution is 1.15. The van der Waals surface area contributed by atoms with E-state index in [1.54, 1.807) is 5.51 Å². The number of rotatable bonds is 3. The summed E-state index contributed by atoms with van der Waals surface area (Å²) in [6, 6.07) is 18.4. The monoisotopic (exact) mass is 289 g/mol. The number of nitrogens with one attached hydrogen (secondary N) is 1. The molecule has 3 rings (SSSR count). The number of thiazole rings is 1. The van der Waals surface area contributed by atoms with Crippen LogP contribution in [0, 0.1) is 18.0 Å². The molecule has 2 aromatic carbocycles. The van der Waals surface area contributed by atoms with Crippen LogP contribution in [-0.4, -0.2) is 4.98 Å². The second-order valence-corrected chi connectivity index (χ2v) is 5.32. The van der Waals surface area contributed by atoms with Gasteiger partial charge in [-0.05, 0) is 29.7 Å². The summed E-state index contributed by atoms with van der Waals surface area (Å²) in [6.07, 6.45) is 2.85. The predicted molar refractivity (Wildman–Crippen MR) is 87.1 cm³/mol. The van der Waals surface area contributed by atoms with Crippen molar-refractivity contribution >= 4 is 17.0 Å². The lowest BCUT2D eigenvalue weighted by Gasteiger charge is -2.06. The summed E-state index contributed by atoms with van der Waals surface area (Å²) < 4.78 is 0. The van der Waals surface area contributed by atoms with Gasteiger partial charge in [0.25, 0.3) is 0 Å². The van der Waals surface area contributed by atoms with Crippen LogP contribution in [0.2, 0.25) is 0 Å². The van der Waals surface area contributed by atoms with E-state index < -0.39 is 0 Å². The fraction of sp³-hybridized carbons (Fsp3) is 0.0556. The van der Waals surface area contributed by atoms with Gasteiger partial charge in [0.2, 0.25) is 0 Å². The Balaban J connectivity index is 1.68. The van der Waals surface area contributed by atoms with Crippen molar-refractivity contribution in [1.29, 1.82) is 0 Å². The van der Waals surface area contributed by atoms with Crippen LogP contribution >= 0.6 is 11.3 Å². The summed E-state index contributed by atoms with van der Waals surface area (Å²) in [5.74, 6) is 6.20. The predicted octanol–water partition coefficient (Wildman–Crippen LogP) is 3.96. The number of nitrogens with zero attached hydrogens (tertiary/aromatic N) is 1. The van der Waals surface area contributed by atoms with Crippen molar-refractivity contribution in [1.82, 2.24) is 4.98 Å². The van der Waals surface area contributed by atoms with Gasteiger partial charge in [0, 0.05) is 17.8 Å². The number of anilines is 1. The van der Waals surface area contributed by atoms with Crippen LogP contribution in [0.5, 0.6) is 0 Å². The maximum absolute atomic E-state index is 3.89. The zero-order valence-corrected chi connectivity index (χ0v) is 12.2. The minimum absolute atomic E-state index is 0.806. The number of benzene rings is 2. The van der Waals surface area contributed by atoms with Gasteiger partial charge in [-0.15, -0.1) is 11.3 Å². The fourth-order valence-corrected chi connectivity index (χ4v) is 2.31. The smallest absolute Gasteiger partial charge is 0.117 e. The van der Waals surface area contributed by atoms with Gasteiger partial charge < -0.3 is 5.32 Å². The zero-order valence-electron chi connectivity index (χ0n) is 11.3. The zero-order chi connectivity index (χ0) is 14.3. The molecular weight excluding hydrogens is 276 g/mol. The Morgan fingerprint density at radius 3 is 2.76 bits per heavy atom. The molecule has 0 spiro atoms. The Hall–Kier alpha value is -2.57. The van der Waals surface area contributed by atoms with Crippen molar-refractivity contribution in [3.05, 3.63) is 82.3 Å². The molecule has 3 heteroatoms. The molecule has 1 heterocycles. The average Bonchev–Trinajstić information content (AvgIpc) is 3.06. The number of hydrogen-bond donors (Lipinski definition) is 1. The van der Waals surface area contributed by atoms with Crippen molar-refractivity contribution in [3.8, 4) is 11.8 Å². The van der Waals surface area contributed by atoms with E-state index >= 15 is 0 Å². The van der Waals surface area contributed by atoms with Gasteiger partial charge in [0.05, 0.1) is 5.51 Å². The lowest BCUT2D eigenvalue weighted by atomic mass is 10.2. The molecule has 21 heavy (non-hydrogen) atoms.